The molecular formula is C15H26N2O3. The maximum absolute atomic E-state index is 12.3. The van der Waals surface area contributed by atoms with Crippen LogP contribution in [0.25, 0.3) is 0 Å². The van der Waals surface area contributed by atoms with Crippen molar-refractivity contribution >= 4 is 12.0 Å². The molecule has 0 unspecified atom stereocenters. The van der Waals surface area contributed by atoms with E-state index in [9.17, 15) is 9.59 Å². The Bertz CT molecular complexity index is 362. The van der Waals surface area contributed by atoms with Gasteiger partial charge in [0.05, 0.1) is 5.92 Å². The summed E-state index contributed by atoms with van der Waals surface area (Å²) in [6, 6.07) is 0. The third-order valence-electron chi connectivity index (χ3n) is 3.80. The van der Waals surface area contributed by atoms with Gasteiger partial charge in [-0.3, -0.25) is 4.79 Å². The largest absolute Gasteiger partial charge is 0.444 e. The fourth-order valence-electron chi connectivity index (χ4n) is 2.66. The smallest absolute Gasteiger partial charge is 0.410 e. The molecule has 0 spiro atoms. The van der Waals surface area contributed by atoms with Crippen molar-refractivity contribution in [1.82, 2.24) is 9.80 Å². The summed E-state index contributed by atoms with van der Waals surface area (Å²) in [5.41, 5.74) is -0.475. The van der Waals surface area contributed by atoms with E-state index in [1.54, 1.807) is 4.90 Å². The van der Waals surface area contributed by atoms with Crippen LogP contribution in [0, 0.1) is 5.92 Å². The van der Waals surface area contributed by atoms with Crippen LogP contribution in [0.2, 0.25) is 0 Å². The Kier molecular flexibility index (Phi) is 4.55. The molecule has 114 valence electrons. The lowest BCUT2D eigenvalue weighted by molar-refractivity contribution is -0.140. The lowest BCUT2D eigenvalue weighted by atomic mass is 9.99. The van der Waals surface area contributed by atoms with Crippen LogP contribution in [0.4, 0.5) is 4.79 Å². The molecule has 0 aromatic heterocycles. The minimum atomic E-state index is -0.475. The molecule has 2 heterocycles. The minimum absolute atomic E-state index is 0.0272. The molecule has 5 nitrogen and oxygen atoms in total. The Labute approximate surface area is 121 Å². The molecule has 5 heteroatoms. The molecule has 2 aliphatic rings. The van der Waals surface area contributed by atoms with Crippen molar-refractivity contribution in [2.24, 2.45) is 5.92 Å². The molecule has 0 radical (unpaired) electrons. The van der Waals surface area contributed by atoms with Crippen LogP contribution in [-0.2, 0) is 9.53 Å². The van der Waals surface area contributed by atoms with Crippen LogP contribution < -0.4 is 0 Å². The molecule has 2 amide bonds. The number of ether oxygens (including phenoxy) is 1. The van der Waals surface area contributed by atoms with E-state index in [0.29, 0.717) is 13.1 Å². The number of hydrogen-bond acceptors (Lipinski definition) is 3. The van der Waals surface area contributed by atoms with Crippen molar-refractivity contribution in [2.75, 3.05) is 26.2 Å². The molecule has 2 aliphatic heterocycles. The number of rotatable bonds is 1. The Hall–Kier alpha value is -1.26. The Balaban J connectivity index is 1.77. The summed E-state index contributed by atoms with van der Waals surface area (Å²) in [5.74, 6) is 0.187. The van der Waals surface area contributed by atoms with Crippen molar-refractivity contribution in [3.8, 4) is 0 Å². The zero-order valence-electron chi connectivity index (χ0n) is 12.9. The van der Waals surface area contributed by atoms with Crippen molar-refractivity contribution in [3.05, 3.63) is 0 Å². The topological polar surface area (TPSA) is 49.9 Å². The van der Waals surface area contributed by atoms with Gasteiger partial charge in [-0.05, 0) is 33.6 Å². The highest BCUT2D eigenvalue weighted by Gasteiger charge is 2.39. The van der Waals surface area contributed by atoms with Crippen LogP contribution in [0.15, 0.2) is 0 Å². The Morgan fingerprint density at radius 3 is 2.00 bits per heavy atom. The molecule has 2 saturated heterocycles. The average molecular weight is 282 g/mol. The predicted molar refractivity (Wildman–Crippen MR) is 76.3 cm³/mol. The van der Waals surface area contributed by atoms with Gasteiger partial charge in [0.25, 0.3) is 0 Å². The van der Waals surface area contributed by atoms with E-state index in [4.69, 9.17) is 4.74 Å². The molecule has 0 N–H and O–H groups in total. The van der Waals surface area contributed by atoms with Gasteiger partial charge in [0.1, 0.15) is 5.60 Å². The van der Waals surface area contributed by atoms with Crippen molar-refractivity contribution in [3.63, 3.8) is 0 Å². The average Bonchev–Trinajstić information content (AvgIpc) is 2.52. The van der Waals surface area contributed by atoms with Crippen LogP contribution in [0.1, 0.15) is 46.5 Å². The molecule has 0 aromatic carbocycles. The monoisotopic (exact) mass is 282 g/mol. The van der Waals surface area contributed by atoms with Gasteiger partial charge >= 0.3 is 6.09 Å². The summed E-state index contributed by atoms with van der Waals surface area (Å²) in [6.07, 6.45) is 4.34. The third kappa shape index (κ3) is 3.87. The van der Waals surface area contributed by atoms with Crippen LogP contribution in [0.5, 0.6) is 0 Å². The normalized spacial score (nSPS) is 21.1. The maximum atomic E-state index is 12.3. The SMILES string of the molecule is CC(C)(C)OC(=O)N1CC(C(=O)N2CCCCCC2)C1. The molecule has 2 fully saturated rings. The summed E-state index contributed by atoms with van der Waals surface area (Å²) in [6.45, 7) is 8.32. The van der Waals surface area contributed by atoms with E-state index in [0.717, 1.165) is 25.9 Å². The van der Waals surface area contributed by atoms with Gasteiger partial charge in [0, 0.05) is 26.2 Å². The number of carbonyl (C=O) groups excluding carboxylic acids is 2. The van der Waals surface area contributed by atoms with Gasteiger partial charge in [-0.2, -0.15) is 0 Å². The van der Waals surface area contributed by atoms with Crippen LogP contribution >= 0.6 is 0 Å². The molecule has 20 heavy (non-hydrogen) atoms. The quantitative estimate of drug-likeness (QED) is 0.741. The van der Waals surface area contributed by atoms with Gasteiger partial charge < -0.3 is 14.5 Å². The fourth-order valence-corrected chi connectivity index (χ4v) is 2.66. The molecule has 0 aromatic rings. The zero-order chi connectivity index (χ0) is 14.8. The van der Waals surface area contributed by atoms with Crippen molar-refractivity contribution < 1.29 is 14.3 Å². The van der Waals surface area contributed by atoms with Gasteiger partial charge in [-0.15, -0.1) is 0 Å². The van der Waals surface area contributed by atoms with Crippen LogP contribution in [0.3, 0.4) is 0 Å². The predicted octanol–water partition coefficient (Wildman–Crippen LogP) is 2.26. The molecular weight excluding hydrogens is 256 g/mol. The van der Waals surface area contributed by atoms with Gasteiger partial charge in [0.15, 0.2) is 0 Å². The first kappa shape index (κ1) is 15.1. The fraction of sp³-hybridized carbons (Fsp3) is 0.867. The zero-order valence-corrected chi connectivity index (χ0v) is 12.9. The second kappa shape index (κ2) is 6.02. The summed E-state index contributed by atoms with van der Waals surface area (Å²) >= 11 is 0. The summed E-state index contributed by atoms with van der Waals surface area (Å²) in [7, 11) is 0. The first-order valence-corrected chi connectivity index (χ1v) is 7.63. The van der Waals surface area contributed by atoms with E-state index in [-0.39, 0.29) is 17.9 Å². The van der Waals surface area contributed by atoms with Gasteiger partial charge in [-0.25, -0.2) is 4.79 Å². The Morgan fingerprint density at radius 2 is 1.50 bits per heavy atom. The Morgan fingerprint density at radius 1 is 0.950 bits per heavy atom. The van der Waals surface area contributed by atoms with E-state index >= 15 is 0 Å². The van der Waals surface area contributed by atoms with E-state index in [2.05, 4.69) is 0 Å². The standard InChI is InChI=1S/C15H26N2O3/c1-15(2,3)20-14(19)17-10-12(11-17)13(18)16-8-6-4-5-7-9-16/h12H,4-11H2,1-3H3. The maximum Gasteiger partial charge on any atom is 0.410 e. The first-order chi connectivity index (χ1) is 9.37. The molecule has 0 bridgehead atoms. The second-order valence-corrected chi connectivity index (χ2v) is 6.82. The number of hydrogen-bond donors (Lipinski definition) is 0. The summed E-state index contributed by atoms with van der Waals surface area (Å²) in [5, 5.41) is 0. The number of carbonyl (C=O) groups is 2. The lowest BCUT2D eigenvalue weighted by Crippen LogP contribution is -2.57. The molecule has 0 atom stereocenters. The molecule has 0 aliphatic carbocycles. The van der Waals surface area contributed by atoms with E-state index in [1.807, 2.05) is 25.7 Å². The highest BCUT2D eigenvalue weighted by Crippen LogP contribution is 2.22. The highest BCUT2D eigenvalue weighted by molar-refractivity contribution is 5.82. The summed E-state index contributed by atoms with van der Waals surface area (Å²) in [4.78, 5) is 27.7. The first-order valence-electron chi connectivity index (χ1n) is 7.63. The summed E-state index contributed by atoms with van der Waals surface area (Å²) < 4.78 is 5.30. The van der Waals surface area contributed by atoms with Crippen molar-refractivity contribution in [1.29, 1.82) is 0 Å². The third-order valence-corrected chi connectivity index (χ3v) is 3.80. The number of amides is 2. The second-order valence-electron chi connectivity index (χ2n) is 6.82. The minimum Gasteiger partial charge on any atom is -0.444 e. The molecule has 2 rings (SSSR count). The van der Waals surface area contributed by atoms with E-state index in [1.165, 1.54) is 12.8 Å². The van der Waals surface area contributed by atoms with Gasteiger partial charge in [-0.1, -0.05) is 12.8 Å². The number of nitrogens with zero attached hydrogens (tertiary/aromatic N) is 2. The number of likely N-dealkylation sites (tertiary alicyclic amines) is 2. The molecule has 0 saturated carbocycles. The van der Waals surface area contributed by atoms with Crippen molar-refractivity contribution in [2.45, 2.75) is 52.1 Å². The van der Waals surface area contributed by atoms with E-state index < -0.39 is 5.60 Å². The lowest BCUT2D eigenvalue weighted by Gasteiger charge is -2.40. The van der Waals surface area contributed by atoms with Gasteiger partial charge in [0.2, 0.25) is 5.91 Å². The van der Waals surface area contributed by atoms with Crippen LogP contribution in [-0.4, -0.2) is 53.6 Å². The highest BCUT2D eigenvalue weighted by atomic mass is 16.6.